The van der Waals surface area contributed by atoms with E-state index in [1.807, 2.05) is 44.2 Å². The Morgan fingerprint density at radius 3 is 2.39 bits per heavy atom. The number of halogens is 2. The molecule has 1 aliphatic rings. The van der Waals surface area contributed by atoms with Gasteiger partial charge in [-0.05, 0) is 55.8 Å². The Bertz CT molecular complexity index is 808. The third-order valence-corrected chi connectivity index (χ3v) is 5.40. The van der Waals surface area contributed by atoms with Crippen molar-refractivity contribution in [1.29, 1.82) is 0 Å². The van der Waals surface area contributed by atoms with Gasteiger partial charge >= 0.3 is 0 Å². The maximum Gasteiger partial charge on any atom is 0.241 e. The van der Waals surface area contributed by atoms with E-state index in [1.54, 1.807) is 12.1 Å². The minimum Gasteiger partial charge on any atom is -0.378 e. The van der Waals surface area contributed by atoms with E-state index in [2.05, 4.69) is 15.5 Å². The number of nitrogens with zero attached hydrogens (tertiary/aromatic N) is 1. The molecule has 0 aliphatic carbocycles. The third kappa shape index (κ3) is 5.39. The van der Waals surface area contributed by atoms with Gasteiger partial charge in [-0.25, -0.2) is 0 Å². The number of anilines is 2. The molecule has 1 saturated heterocycles. The summed E-state index contributed by atoms with van der Waals surface area (Å²) in [5, 5.41) is 7.40. The van der Waals surface area contributed by atoms with E-state index in [1.165, 1.54) is 0 Å². The zero-order valence-corrected chi connectivity index (χ0v) is 17.6. The molecule has 1 amide bonds. The molecule has 2 N–H and O–H groups in total. The maximum atomic E-state index is 12.6. The van der Waals surface area contributed by atoms with E-state index in [-0.39, 0.29) is 18.0 Å². The van der Waals surface area contributed by atoms with Gasteiger partial charge in [0.2, 0.25) is 5.91 Å². The summed E-state index contributed by atoms with van der Waals surface area (Å²) >= 11 is 12.2. The van der Waals surface area contributed by atoms with Crippen LogP contribution in [0.2, 0.25) is 10.0 Å². The molecule has 0 unspecified atom stereocenters. The predicted octanol–water partition coefficient (Wildman–Crippen LogP) is 4.51. The highest BCUT2D eigenvalue weighted by atomic mass is 35.5. The number of hydrogen-bond donors (Lipinski definition) is 2. The number of ether oxygens (including phenoxy) is 1. The lowest BCUT2D eigenvalue weighted by atomic mass is 10.1. The molecule has 2 aromatic rings. The van der Waals surface area contributed by atoms with Gasteiger partial charge in [-0.3, -0.25) is 10.1 Å². The smallest absolute Gasteiger partial charge is 0.241 e. The van der Waals surface area contributed by atoms with Crippen LogP contribution < -0.4 is 15.5 Å². The average Bonchev–Trinajstić information content (AvgIpc) is 2.69. The molecule has 3 rings (SSSR count). The largest absolute Gasteiger partial charge is 0.378 e. The number of benzene rings is 2. The first-order valence-electron chi connectivity index (χ1n) is 9.38. The SMILES string of the molecule is C[C@H](N[C@H](C)C(=O)Nc1ccc(N2CCOCC2)cc1)c1ccc(Cl)cc1Cl. The molecule has 2 atom stereocenters. The van der Waals surface area contributed by atoms with Crippen molar-refractivity contribution in [3.8, 4) is 0 Å². The van der Waals surface area contributed by atoms with Crippen molar-refractivity contribution in [3.05, 3.63) is 58.1 Å². The van der Waals surface area contributed by atoms with Gasteiger partial charge in [-0.1, -0.05) is 29.3 Å². The van der Waals surface area contributed by atoms with Crippen LogP contribution in [0.15, 0.2) is 42.5 Å². The summed E-state index contributed by atoms with van der Waals surface area (Å²) in [6.07, 6.45) is 0. The molecule has 2 aromatic carbocycles. The van der Waals surface area contributed by atoms with Crippen molar-refractivity contribution >= 4 is 40.5 Å². The molecule has 1 heterocycles. The number of amides is 1. The van der Waals surface area contributed by atoms with Crippen LogP contribution >= 0.6 is 23.2 Å². The first-order chi connectivity index (χ1) is 13.4. The molecule has 7 heteroatoms. The van der Waals surface area contributed by atoms with Crippen LogP contribution in [0.5, 0.6) is 0 Å². The van der Waals surface area contributed by atoms with Crippen molar-refractivity contribution in [3.63, 3.8) is 0 Å². The standard InChI is InChI=1S/C21H25Cl2N3O2/c1-14(19-8-3-16(22)13-20(19)23)24-15(2)21(27)25-17-4-6-18(7-5-17)26-9-11-28-12-10-26/h3-8,13-15,24H,9-12H2,1-2H3,(H,25,27)/t14-,15+/m0/s1. The van der Waals surface area contributed by atoms with Gasteiger partial charge in [0, 0.05) is 40.6 Å². The zero-order valence-electron chi connectivity index (χ0n) is 16.0. The van der Waals surface area contributed by atoms with Crippen molar-refractivity contribution in [2.45, 2.75) is 25.9 Å². The van der Waals surface area contributed by atoms with Crippen molar-refractivity contribution in [2.24, 2.45) is 0 Å². The monoisotopic (exact) mass is 421 g/mol. The Balaban J connectivity index is 1.56. The molecule has 0 bridgehead atoms. The van der Waals surface area contributed by atoms with E-state index in [9.17, 15) is 4.79 Å². The Hall–Kier alpha value is -1.79. The normalized spacial score (nSPS) is 16.5. The maximum absolute atomic E-state index is 12.6. The molecular weight excluding hydrogens is 397 g/mol. The van der Waals surface area contributed by atoms with E-state index >= 15 is 0 Å². The second kappa shape index (κ2) is 9.61. The lowest BCUT2D eigenvalue weighted by molar-refractivity contribution is -0.117. The van der Waals surface area contributed by atoms with Crippen LogP contribution in [-0.4, -0.2) is 38.3 Å². The number of hydrogen-bond acceptors (Lipinski definition) is 4. The first-order valence-corrected chi connectivity index (χ1v) is 10.1. The Kier molecular flexibility index (Phi) is 7.18. The molecule has 0 aromatic heterocycles. The summed E-state index contributed by atoms with van der Waals surface area (Å²) in [6.45, 7) is 7.07. The van der Waals surface area contributed by atoms with Crippen molar-refractivity contribution in [2.75, 3.05) is 36.5 Å². The molecule has 0 spiro atoms. The van der Waals surface area contributed by atoms with Gasteiger partial charge in [0.25, 0.3) is 0 Å². The highest BCUT2D eigenvalue weighted by Gasteiger charge is 2.18. The van der Waals surface area contributed by atoms with Crippen LogP contribution in [-0.2, 0) is 9.53 Å². The summed E-state index contributed by atoms with van der Waals surface area (Å²) in [4.78, 5) is 14.8. The zero-order chi connectivity index (χ0) is 20.1. The molecule has 1 fully saturated rings. The quantitative estimate of drug-likeness (QED) is 0.720. The van der Waals surface area contributed by atoms with Crippen LogP contribution in [0.3, 0.4) is 0 Å². The molecule has 0 saturated carbocycles. The predicted molar refractivity (Wildman–Crippen MR) is 116 cm³/mol. The van der Waals surface area contributed by atoms with Gasteiger partial charge in [0.05, 0.1) is 19.3 Å². The molecule has 0 radical (unpaired) electrons. The fourth-order valence-electron chi connectivity index (χ4n) is 3.22. The van der Waals surface area contributed by atoms with Gasteiger partial charge in [0.1, 0.15) is 0 Å². The molecule has 150 valence electrons. The number of rotatable bonds is 6. The number of nitrogens with one attached hydrogen (secondary N) is 2. The summed E-state index contributed by atoms with van der Waals surface area (Å²) in [5.74, 6) is -0.101. The summed E-state index contributed by atoms with van der Waals surface area (Å²) < 4.78 is 5.38. The fourth-order valence-corrected chi connectivity index (χ4v) is 3.79. The lowest BCUT2D eigenvalue weighted by Gasteiger charge is -2.29. The summed E-state index contributed by atoms with van der Waals surface area (Å²) in [5.41, 5.74) is 2.81. The third-order valence-electron chi connectivity index (χ3n) is 4.83. The van der Waals surface area contributed by atoms with Gasteiger partial charge in [-0.2, -0.15) is 0 Å². The van der Waals surface area contributed by atoms with Crippen LogP contribution in [0.1, 0.15) is 25.5 Å². The van der Waals surface area contributed by atoms with Crippen LogP contribution in [0.25, 0.3) is 0 Å². The molecule has 28 heavy (non-hydrogen) atoms. The van der Waals surface area contributed by atoms with Crippen molar-refractivity contribution < 1.29 is 9.53 Å². The first kappa shape index (κ1) is 20.9. The second-order valence-corrected chi connectivity index (χ2v) is 7.76. The Labute approximate surface area is 176 Å². The van der Waals surface area contributed by atoms with Gasteiger partial charge < -0.3 is 15.0 Å². The van der Waals surface area contributed by atoms with Crippen LogP contribution in [0.4, 0.5) is 11.4 Å². The highest BCUT2D eigenvalue weighted by molar-refractivity contribution is 6.35. The van der Waals surface area contributed by atoms with Gasteiger partial charge in [0.15, 0.2) is 0 Å². The van der Waals surface area contributed by atoms with Crippen LogP contribution in [0, 0.1) is 0 Å². The number of morpholine rings is 1. The van der Waals surface area contributed by atoms with E-state index in [4.69, 9.17) is 27.9 Å². The Morgan fingerprint density at radius 1 is 1.07 bits per heavy atom. The number of carbonyl (C=O) groups excluding carboxylic acids is 1. The average molecular weight is 422 g/mol. The molecule has 5 nitrogen and oxygen atoms in total. The summed E-state index contributed by atoms with van der Waals surface area (Å²) in [6, 6.07) is 12.8. The minimum absolute atomic E-state index is 0.0887. The molecule has 1 aliphatic heterocycles. The second-order valence-electron chi connectivity index (χ2n) is 6.91. The minimum atomic E-state index is -0.388. The van der Waals surface area contributed by atoms with E-state index < -0.39 is 0 Å². The Morgan fingerprint density at radius 2 is 1.75 bits per heavy atom. The summed E-state index contributed by atoms with van der Waals surface area (Å²) in [7, 11) is 0. The lowest BCUT2D eigenvalue weighted by Crippen LogP contribution is -2.39. The van der Waals surface area contributed by atoms with E-state index in [0.29, 0.717) is 10.0 Å². The van der Waals surface area contributed by atoms with Gasteiger partial charge in [-0.15, -0.1) is 0 Å². The molecular formula is C21H25Cl2N3O2. The topological polar surface area (TPSA) is 53.6 Å². The van der Waals surface area contributed by atoms with Crippen molar-refractivity contribution in [1.82, 2.24) is 5.32 Å². The van der Waals surface area contributed by atoms with E-state index in [0.717, 1.165) is 43.2 Å². The number of carbonyl (C=O) groups is 1. The fraction of sp³-hybridized carbons (Fsp3) is 0.381. The highest BCUT2D eigenvalue weighted by Crippen LogP contribution is 2.26.